The van der Waals surface area contributed by atoms with Gasteiger partial charge in [0.15, 0.2) is 17.1 Å². The maximum atomic E-state index is 13.2. The molecule has 0 aromatic heterocycles. The topological polar surface area (TPSA) is 140 Å². The molecule has 2 aromatic rings. The minimum absolute atomic E-state index is 0.119. The van der Waals surface area contributed by atoms with Crippen molar-refractivity contribution < 1.29 is 39.8 Å². The number of ketones is 1. The molecule has 0 amide bonds. The average Bonchev–Trinajstić information content (AvgIpc) is 3.10. The summed E-state index contributed by atoms with van der Waals surface area (Å²) in [5, 5.41) is 54.6. The number of hydrogen-bond donors (Lipinski definition) is 5. The van der Waals surface area contributed by atoms with Crippen molar-refractivity contribution in [2.24, 2.45) is 5.92 Å². The number of nitrogens with zero attached hydrogens (tertiary/aromatic N) is 1. The monoisotopic (exact) mass is 459 g/mol. The van der Waals surface area contributed by atoms with Gasteiger partial charge in [-0.25, -0.2) is 0 Å². The summed E-state index contributed by atoms with van der Waals surface area (Å²) in [5.74, 6) is -6.26. The first-order chi connectivity index (χ1) is 15.7. The first kappa shape index (κ1) is 23.3. The Hall–Kier alpha value is -2.85. The third-order valence-electron chi connectivity index (χ3n) is 6.92. The molecule has 0 saturated carbocycles. The summed E-state index contributed by atoms with van der Waals surface area (Å²) in [5.41, 5.74) is -2.02. The number of rotatable bonds is 6. The number of phenols is 2. The molecular weight excluding hydrogens is 430 g/mol. The quantitative estimate of drug-likeness (QED) is 0.318. The number of methoxy groups -OCH3 is 2. The smallest absolute Gasteiger partial charge is 0.207 e. The molecule has 1 fully saturated rings. The molecule has 1 saturated heterocycles. The summed E-state index contributed by atoms with van der Waals surface area (Å²) in [6.07, 6.45) is 0.102. The number of phenolic OH excluding ortho intramolecular Hbond substituents is 2. The van der Waals surface area contributed by atoms with Gasteiger partial charge in [0.2, 0.25) is 23.1 Å². The highest BCUT2D eigenvalue weighted by Gasteiger charge is 2.63. The molecule has 4 rings (SSSR count). The van der Waals surface area contributed by atoms with Crippen molar-refractivity contribution in [2.75, 3.05) is 27.3 Å². The van der Waals surface area contributed by atoms with Crippen LogP contribution < -0.4 is 9.47 Å². The molecule has 1 heterocycles. The van der Waals surface area contributed by atoms with Gasteiger partial charge in [0.25, 0.3) is 0 Å². The molecule has 9 heteroatoms. The number of hydrogen-bond acceptors (Lipinski definition) is 9. The van der Waals surface area contributed by atoms with E-state index in [4.69, 9.17) is 9.47 Å². The van der Waals surface area contributed by atoms with Gasteiger partial charge in [-0.2, -0.15) is 0 Å². The zero-order valence-corrected chi connectivity index (χ0v) is 18.6. The number of benzene rings is 2. The number of piperidine rings is 1. The van der Waals surface area contributed by atoms with Gasteiger partial charge in [0.05, 0.1) is 19.8 Å². The summed E-state index contributed by atoms with van der Waals surface area (Å²) in [6.45, 7) is 1.82. The Bertz CT molecular complexity index is 1050. The number of fused-ring (bicyclic) bond motifs is 1. The van der Waals surface area contributed by atoms with E-state index in [2.05, 4.69) is 4.90 Å². The van der Waals surface area contributed by atoms with Gasteiger partial charge in [-0.3, -0.25) is 9.69 Å². The minimum atomic E-state index is -2.78. The van der Waals surface area contributed by atoms with Crippen LogP contribution in [0.2, 0.25) is 0 Å². The number of aliphatic hydroxyl groups is 3. The van der Waals surface area contributed by atoms with Crippen molar-refractivity contribution in [1.82, 2.24) is 4.90 Å². The van der Waals surface area contributed by atoms with Crippen molar-refractivity contribution in [2.45, 2.75) is 37.2 Å². The van der Waals surface area contributed by atoms with Crippen LogP contribution in [0.25, 0.3) is 0 Å². The van der Waals surface area contributed by atoms with E-state index in [0.29, 0.717) is 32.5 Å². The molecule has 1 aliphatic carbocycles. The highest BCUT2D eigenvalue weighted by atomic mass is 16.5. The molecule has 1 aliphatic heterocycles. The molecule has 2 aromatic carbocycles. The van der Waals surface area contributed by atoms with Crippen molar-refractivity contribution in [3.63, 3.8) is 0 Å². The summed E-state index contributed by atoms with van der Waals surface area (Å²) >= 11 is 0. The van der Waals surface area contributed by atoms with Gasteiger partial charge in [0, 0.05) is 24.4 Å². The summed E-state index contributed by atoms with van der Waals surface area (Å²) in [6, 6.07) is 9.91. The fraction of sp³-hybridized carbons (Fsp3) is 0.458. The van der Waals surface area contributed by atoms with Gasteiger partial charge in [-0.15, -0.1) is 0 Å². The largest absolute Gasteiger partial charge is 0.504 e. The second-order valence-electron chi connectivity index (χ2n) is 8.75. The van der Waals surface area contributed by atoms with E-state index in [1.165, 1.54) is 14.2 Å². The molecule has 0 bridgehead atoms. The Morgan fingerprint density at radius 2 is 1.61 bits per heavy atom. The maximum absolute atomic E-state index is 13.2. The number of carbonyl (C=O) groups is 1. The molecule has 1 atom stereocenters. The van der Waals surface area contributed by atoms with Crippen molar-refractivity contribution in [3.05, 3.63) is 47.0 Å². The second kappa shape index (κ2) is 8.49. The van der Waals surface area contributed by atoms with Gasteiger partial charge >= 0.3 is 0 Å². The van der Waals surface area contributed by atoms with Crippen molar-refractivity contribution >= 4 is 5.78 Å². The number of likely N-dealkylation sites (tertiary alicyclic amines) is 1. The summed E-state index contributed by atoms with van der Waals surface area (Å²) in [4.78, 5) is 15.4. The Morgan fingerprint density at radius 3 is 2.18 bits per heavy atom. The predicted molar refractivity (Wildman–Crippen MR) is 117 cm³/mol. The number of aromatic hydroxyl groups is 2. The third kappa shape index (κ3) is 3.61. The lowest BCUT2D eigenvalue weighted by Gasteiger charge is -2.44. The Morgan fingerprint density at radius 1 is 1.03 bits per heavy atom. The van der Waals surface area contributed by atoms with Crippen LogP contribution in [0, 0.1) is 5.92 Å². The Kier molecular flexibility index (Phi) is 6.00. The molecule has 2 aliphatic rings. The lowest BCUT2D eigenvalue weighted by atomic mass is 9.76. The molecule has 178 valence electrons. The Balaban J connectivity index is 1.57. The molecule has 1 unspecified atom stereocenters. The molecule has 0 radical (unpaired) electrons. The Labute approximate surface area is 191 Å². The summed E-state index contributed by atoms with van der Waals surface area (Å²) < 4.78 is 10.1. The van der Waals surface area contributed by atoms with Crippen LogP contribution in [-0.4, -0.2) is 74.9 Å². The maximum Gasteiger partial charge on any atom is 0.207 e. The lowest BCUT2D eigenvalue weighted by Crippen LogP contribution is -2.63. The van der Waals surface area contributed by atoms with Crippen LogP contribution >= 0.6 is 0 Å². The van der Waals surface area contributed by atoms with Gasteiger partial charge in [0.1, 0.15) is 0 Å². The third-order valence-corrected chi connectivity index (χ3v) is 6.92. The van der Waals surface area contributed by atoms with Crippen molar-refractivity contribution in [1.29, 1.82) is 0 Å². The second-order valence-corrected chi connectivity index (χ2v) is 8.75. The van der Waals surface area contributed by atoms with Crippen LogP contribution in [-0.2, 0) is 13.0 Å². The first-order valence-electron chi connectivity index (χ1n) is 10.8. The highest BCUT2D eigenvalue weighted by Crippen LogP contribution is 2.55. The van der Waals surface area contributed by atoms with E-state index in [1.54, 1.807) is 0 Å². The fourth-order valence-electron chi connectivity index (χ4n) is 5.04. The summed E-state index contributed by atoms with van der Waals surface area (Å²) in [7, 11) is 2.47. The van der Waals surface area contributed by atoms with Gasteiger partial charge in [-0.05, 0) is 31.5 Å². The van der Waals surface area contributed by atoms with Gasteiger partial charge in [-0.1, -0.05) is 30.3 Å². The van der Waals surface area contributed by atoms with Crippen LogP contribution in [0.3, 0.4) is 0 Å². The van der Waals surface area contributed by atoms with Gasteiger partial charge < -0.3 is 35.0 Å². The molecule has 5 N–H and O–H groups in total. The van der Waals surface area contributed by atoms with E-state index in [1.807, 2.05) is 30.3 Å². The van der Waals surface area contributed by atoms with Crippen LogP contribution in [0.5, 0.6) is 23.0 Å². The van der Waals surface area contributed by atoms with E-state index in [9.17, 15) is 30.3 Å². The first-order valence-corrected chi connectivity index (χ1v) is 10.8. The molecule has 9 nitrogen and oxygen atoms in total. The van der Waals surface area contributed by atoms with E-state index in [0.717, 1.165) is 5.56 Å². The predicted octanol–water partition coefficient (Wildman–Crippen LogP) is 1.18. The standard InChI is InChI=1S/C24H29NO8/c1-32-20-18(26)16-12-23(29,22(28)17(16)19(27)21(20)33-2)24(30,31)15-8-10-25(11-9-15)13-14-6-4-3-5-7-14/h3-7,15,26-27,29-31H,8-13H2,1-2H3. The number of ether oxygens (including phenoxy) is 2. The van der Waals surface area contributed by atoms with E-state index in [-0.39, 0.29) is 17.1 Å². The molecule has 0 spiro atoms. The normalized spacial score (nSPS) is 21.8. The van der Waals surface area contributed by atoms with Crippen LogP contribution in [0.15, 0.2) is 30.3 Å². The van der Waals surface area contributed by atoms with E-state index < -0.39 is 46.6 Å². The molecular formula is C24H29NO8. The number of carbonyl (C=O) groups excluding carboxylic acids is 1. The lowest BCUT2D eigenvalue weighted by molar-refractivity contribution is -0.287. The highest BCUT2D eigenvalue weighted by molar-refractivity contribution is 6.11. The van der Waals surface area contributed by atoms with Crippen LogP contribution in [0.1, 0.15) is 34.3 Å². The number of Topliss-reactive ketones (excluding diaryl/α,β-unsaturated/α-hetero) is 1. The zero-order chi connectivity index (χ0) is 24.0. The fourth-order valence-corrected chi connectivity index (χ4v) is 5.04. The van der Waals surface area contributed by atoms with Crippen LogP contribution in [0.4, 0.5) is 0 Å². The SMILES string of the molecule is COc1c(O)c2c(c(O)c1OC)C(=O)C(O)(C(O)(O)C1CCN(Cc3ccccc3)CC1)C2. The average molecular weight is 459 g/mol. The van der Waals surface area contributed by atoms with Crippen molar-refractivity contribution in [3.8, 4) is 23.0 Å². The zero-order valence-electron chi connectivity index (χ0n) is 18.6. The molecule has 33 heavy (non-hydrogen) atoms. The minimum Gasteiger partial charge on any atom is -0.504 e. The van der Waals surface area contributed by atoms with E-state index >= 15 is 0 Å².